The molecule has 0 saturated heterocycles. The van der Waals surface area contributed by atoms with Crippen LogP contribution in [0.2, 0.25) is 0 Å². The van der Waals surface area contributed by atoms with Crippen LogP contribution >= 0.6 is 0 Å². The number of nitrogen functional groups attached to an aromatic ring is 1. The molecular weight excluding hydrogens is 378 g/mol. The lowest BCUT2D eigenvalue weighted by molar-refractivity contribution is 0.109. The zero-order valence-corrected chi connectivity index (χ0v) is 16.5. The van der Waals surface area contributed by atoms with Crippen LogP contribution in [0.15, 0.2) is 60.9 Å². The molecule has 152 valence electrons. The number of nitrogens with zero attached hydrogens (tertiary/aromatic N) is 4. The Morgan fingerprint density at radius 3 is 2.33 bits per heavy atom. The highest BCUT2D eigenvalue weighted by Gasteiger charge is 2.26. The van der Waals surface area contributed by atoms with Crippen molar-refractivity contribution in [2.45, 2.75) is 37.8 Å². The summed E-state index contributed by atoms with van der Waals surface area (Å²) in [5.74, 6) is 1.96. The normalized spacial score (nSPS) is 19.1. The molecule has 3 N–H and O–H groups in total. The van der Waals surface area contributed by atoms with Gasteiger partial charge in [0.2, 0.25) is 0 Å². The third kappa shape index (κ3) is 3.48. The quantitative estimate of drug-likeness (QED) is 0.528. The van der Waals surface area contributed by atoms with Gasteiger partial charge < -0.3 is 15.6 Å². The largest absolute Gasteiger partial charge is 0.457 e. The van der Waals surface area contributed by atoms with E-state index in [1.807, 2.05) is 59.3 Å². The minimum atomic E-state index is -0.223. The summed E-state index contributed by atoms with van der Waals surface area (Å²) in [5.41, 5.74) is 8.65. The first kappa shape index (κ1) is 18.6. The van der Waals surface area contributed by atoms with Crippen molar-refractivity contribution in [3.8, 4) is 22.8 Å². The fourth-order valence-corrected chi connectivity index (χ4v) is 4.06. The van der Waals surface area contributed by atoms with E-state index in [2.05, 4.69) is 9.97 Å². The number of rotatable bonds is 4. The van der Waals surface area contributed by atoms with E-state index in [1.165, 1.54) is 6.33 Å². The molecule has 0 bridgehead atoms. The van der Waals surface area contributed by atoms with Gasteiger partial charge >= 0.3 is 0 Å². The number of benzene rings is 2. The van der Waals surface area contributed by atoms with E-state index in [1.54, 1.807) is 0 Å². The molecule has 7 nitrogen and oxygen atoms in total. The Balaban J connectivity index is 1.51. The van der Waals surface area contributed by atoms with Crippen LogP contribution in [0.25, 0.3) is 22.3 Å². The van der Waals surface area contributed by atoms with E-state index < -0.39 is 0 Å². The summed E-state index contributed by atoms with van der Waals surface area (Å²) < 4.78 is 7.85. The number of nitrogens with two attached hydrogens (primary N) is 1. The molecule has 0 atom stereocenters. The van der Waals surface area contributed by atoms with Gasteiger partial charge in [-0.05, 0) is 62.1 Å². The average Bonchev–Trinajstić information content (AvgIpc) is 3.17. The van der Waals surface area contributed by atoms with Gasteiger partial charge in [-0.1, -0.05) is 18.2 Å². The van der Waals surface area contributed by atoms with Gasteiger partial charge in [0.25, 0.3) is 0 Å². The van der Waals surface area contributed by atoms with Crippen LogP contribution in [0.5, 0.6) is 11.5 Å². The summed E-state index contributed by atoms with van der Waals surface area (Å²) in [6.07, 6.45) is 4.53. The molecule has 1 saturated carbocycles. The number of hydrogen-bond donors (Lipinski definition) is 2. The number of para-hydroxylation sites is 1. The third-order valence-electron chi connectivity index (χ3n) is 5.64. The molecule has 2 heterocycles. The second-order valence-electron chi connectivity index (χ2n) is 7.65. The molecule has 1 aliphatic rings. The first-order chi connectivity index (χ1) is 14.7. The standard InChI is InChI=1S/C23H23N5O2/c24-22-20-21(15-6-12-19(13-7-15)30-18-4-2-1-3-5-18)27-28(23(20)26-14-25-22)16-8-10-17(29)11-9-16/h1-7,12-14,16-17,29H,8-11H2,(H2,24,25,26)/t16-,17+. The monoisotopic (exact) mass is 401 g/mol. The number of aliphatic hydroxyl groups is 1. The Morgan fingerprint density at radius 2 is 1.60 bits per heavy atom. The van der Waals surface area contributed by atoms with Crippen LogP contribution in [-0.4, -0.2) is 31.0 Å². The average molecular weight is 401 g/mol. The Kier molecular flexibility index (Phi) is 4.80. The first-order valence-electron chi connectivity index (χ1n) is 10.2. The molecule has 0 aliphatic heterocycles. The minimum Gasteiger partial charge on any atom is -0.457 e. The van der Waals surface area contributed by atoms with E-state index >= 15 is 0 Å². The van der Waals surface area contributed by atoms with Crippen molar-refractivity contribution in [3.05, 3.63) is 60.9 Å². The van der Waals surface area contributed by atoms with E-state index in [9.17, 15) is 5.11 Å². The maximum atomic E-state index is 9.86. The molecule has 5 rings (SSSR count). The topological polar surface area (TPSA) is 99.1 Å². The lowest BCUT2D eigenvalue weighted by atomic mass is 9.93. The summed E-state index contributed by atoms with van der Waals surface area (Å²) in [6, 6.07) is 17.7. The van der Waals surface area contributed by atoms with Gasteiger partial charge in [0.1, 0.15) is 29.3 Å². The predicted molar refractivity (Wildman–Crippen MR) is 115 cm³/mol. The summed E-state index contributed by atoms with van der Waals surface area (Å²) in [4.78, 5) is 8.66. The number of hydrogen-bond acceptors (Lipinski definition) is 6. The number of aliphatic hydroxyl groups excluding tert-OH is 1. The van der Waals surface area contributed by atoms with Crippen molar-refractivity contribution in [2.75, 3.05) is 5.73 Å². The number of fused-ring (bicyclic) bond motifs is 1. The van der Waals surface area contributed by atoms with E-state index in [0.29, 0.717) is 5.82 Å². The van der Waals surface area contributed by atoms with Gasteiger partial charge in [-0.25, -0.2) is 14.6 Å². The van der Waals surface area contributed by atoms with Crippen LogP contribution in [0.1, 0.15) is 31.7 Å². The molecule has 1 aliphatic carbocycles. The molecule has 2 aromatic heterocycles. The van der Waals surface area contributed by atoms with Gasteiger partial charge in [0.15, 0.2) is 5.65 Å². The van der Waals surface area contributed by atoms with Gasteiger partial charge in [-0.3, -0.25) is 0 Å². The third-order valence-corrected chi connectivity index (χ3v) is 5.64. The second-order valence-corrected chi connectivity index (χ2v) is 7.65. The van der Waals surface area contributed by atoms with Crippen LogP contribution in [0.3, 0.4) is 0 Å². The van der Waals surface area contributed by atoms with Crippen molar-refractivity contribution >= 4 is 16.9 Å². The molecule has 30 heavy (non-hydrogen) atoms. The van der Waals surface area contributed by atoms with Gasteiger partial charge in [0, 0.05) is 5.56 Å². The van der Waals surface area contributed by atoms with Gasteiger partial charge in [-0.15, -0.1) is 0 Å². The number of ether oxygens (including phenoxy) is 1. The highest BCUT2D eigenvalue weighted by Crippen LogP contribution is 2.36. The molecular formula is C23H23N5O2. The lowest BCUT2D eigenvalue weighted by Crippen LogP contribution is -2.22. The zero-order chi connectivity index (χ0) is 20.5. The summed E-state index contributed by atoms with van der Waals surface area (Å²) in [5, 5.41) is 15.5. The molecule has 1 fully saturated rings. The smallest absolute Gasteiger partial charge is 0.164 e. The highest BCUT2D eigenvalue weighted by atomic mass is 16.5. The SMILES string of the molecule is Nc1ncnc2c1c(-c1ccc(Oc3ccccc3)cc1)nn2[C@H]1CC[C@@H](O)CC1. The van der Waals surface area contributed by atoms with Crippen molar-refractivity contribution < 1.29 is 9.84 Å². The summed E-state index contributed by atoms with van der Waals surface area (Å²) >= 11 is 0. The maximum absolute atomic E-state index is 9.86. The zero-order valence-electron chi connectivity index (χ0n) is 16.5. The van der Waals surface area contributed by atoms with E-state index in [0.717, 1.165) is 59.5 Å². The molecule has 7 heteroatoms. The Labute approximate surface area is 174 Å². The molecule has 0 unspecified atom stereocenters. The van der Waals surface area contributed by atoms with Gasteiger partial charge in [0.05, 0.1) is 17.5 Å². The van der Waals surface area contributed by atoms with E-state index in [4.69, 9.17) is 15.6 Å². The molecule has 4 aromatic rings. The van der Waals surface area contributed by atoms with Crippen molar-refractivity contribution in [2.24, 2.45) is 0 Å². The van der Waals surface area contributed by atoms with Crippen LogP contribution in [0, 0.1) is 0 Å². The molecule has 0 amide bonds. The second kappa shape index (κ2) is 7.76. The predicted octanol–water partition coefficient (Wildman–Crippen LogP) is 4.34. The van der Waals surface area contributed by atoms with Crippen LogP contribution in [-0.2, 0) is 0 Å². The molecule has 2 aromatic carbocycles. The fraction of sp³-hybridized carbons (Fsp3) is 0.261. The Hall–Kier alpha value is -3.45. The van der Waals surface area contributed by atoms with E-state index in [-0.39, 0.29) is 12.1 Å². The lowest BCUT2D eigenvalue weighted by Gasteiger charge is -2.25. The van der Waals surface area contributed by atoms with Gasteiger partial charge in [-0.2, -0.15) is 5.10 Å². The first-order valence-corrected chi connectivity index (χ1v) is 10.2. The Morgan fingerprint density at radius 1 is 0.900 bits per heavy atom. The van der Waals surface area contributed by atoms with Crippen LogP contribution in [0.4, 0.5) is 5.82 Å². The molecule has 0 radical (unpaired) electrons. The summed E-state index contributed by atoms with van der Waals surface area (Å²) in [7, 11) is 0. The van der Waals surface area contributed by atoms with Crippen molar-refractivity contribution in [3.63, 3.8) is 0 Å². The number of aromatic nitrogens is 4. The maximum Gasteiger partial charge on any atom is 0.164 e. The van der Waals surface area contributed by atoms with Crippen molar-refractivity contribution in [1.29, 1.82) is 0 Å². The fourth-order valence-electron chi connectivity index (χ4n) is 4.06. The Bertz CT molecular complexity index is 1150. The number of anilines is 1. The highest BCUT2D eigenvalue weighted by molar-refractivity contribution is 5.98. The summed E-state index contributed by atoms with van der Waals surface area (Å²) in [6.45, 7) is 0. The van der Waals surface area contributed by atoms with Crippen LogP contribution < -0.4 is 10.5 Å². The van der Waals surface area contributed by atoms with Crippen molar-refractivity contribution in [1.82, 2.24) is 19.7 Å². The minimum absolute atomic E-state index is 0.194. The molecule has 0 spiro atoms.